The number of halogens is 1. The molecule has 1 aliphatic heterocycles. The number of rotatable bonds is 5. The number of nitrogens with one attached hydrogen (secondary N) is 1. The fraction of sp³-hybridized carbons (Fsp3) is 0.571. The topological polar surface area (TPSA) is 24.5 Å². The predicted octanol–water partition coefficient (Wildman–Crippen LogP) is 2.35. The van der Waals surface area contributed by atoms with Crippen molar-refractivity contribution in [2.75, 3.05) is 32.1 Å². The second-order valence-electron chi connectivity index (χ2n) is 4.85. The van der Waals surface area contributed by atoms with Crippen LogP contribution in [0.3, 0.4) is 0 Å². The summed E-state index contributed by atoms with van der Waals surface area (Å²) in [6, 6.07) is 7.06. The van der Waals surface area contributed by atoms with E-state index in [0.29, 0.717) is 12.1 Å². The molecule has 0 saturated carbocycles. The third-order valence-electron chi connectivity index (χ3n) is 3.52. The molecule has 0 radical (unpaired) electrons. The second kappa shape index (κ2) is 6.16. The summed E-state index contributed by atoms with van der Waals surface area (Å²) in [5.74, 6) is -0.203. The first-order chi connectivity index (χ1) is 8.66. The van der Waals surface area contributed by atoms with Gasteiger partial charge in [-0.3, -0.25) is 4.90 Å². The Balaban J connectivity index is 1.75. The summed E-state index contributed by atoms with van der Waals surface area (Å²) < 4.78 is 18.5. The van der Waals surface area contributed by atoms with Crippen LogP contribution in [0.4, 0.5) is 10.1 Å². The highest BCUT2D eigenvalue weighted by atomic mass is 19.1. The number of likely N-dealkylation sites (N-methyl/N-ethyl adjacent to an activating group) is 1. The van der Waals surface area contributed by atoms with Crippen LogP contribution in [-0.4, -0.2) is 43.8 Å². The Morgan fingerprint density at radius 3 is 3.00 bits per heavy atom. The number of hydrogen-bond acceptors (Lipinski definition) is 3. The van der Waals surface area contributed by atoms with Crippen molar-refractivity contribution in [3.8, 4) is 0 Å². The van der Waals surface area contributed by atoms with Crippen LogP contribution in [0.5, 0.6) is 0 Å². The van der Waals surface area contributed by atoms with Gasteiger partial charge in [-0.1, -0.05) is 6.07 Å². The summed E-state index contributed by atoms with van der Waals surface area (Å²) in [6.45, 7) is 4.71. The van der Waals surface area contributed by atoms with Gasteiger partial charge in [0, 0.05) is 31.4 Å². The van der Waals surface area contributed by atoms with Crippen molar-refractivity contribution in [1.82, 2.24) is 4.90 Å². The van der Waals surface area contributed by atoms with Crippen LogP contribution in [0.2, 0.25) is 0 Å². The highest BCUT2D eigenvalue weighted by Gasteiger charge is 2.27. The molecule has 1 fully saturated rings. The summed E-state index contributed by atoms with van der Waals surface area (Å²) in [4.78, 5) is 2.31. The number of ether oxygens (including phenoxy) is 1. The van der Waals surface area contributed by atoms with Crippen LogP contribution >= 0.6 is 0 Å². The van der Waals surface area contributed by atoms with Gasteiger partial charge in [-0.15, -0.1) is 0 Å². The molecule has 0 bridgehead atoms. The minimum absolute atomic E-state index is 0.203. The first kappa shape index (κ1) is 13.3. The van der Waals surface area contributed by atoms with Gasteiger partial charge in [0.05, 0.1) is 6.10 Å². The lowest BCUT2D eigenvalue weighted by molar-refractivity contribution is 0.0850. The van der Waals surface area contributed by atoms with E-state index in [9.17, 15) is 4.39 Å². The zero-order chi connectivity index (χ0) is 13.0. The Labute approximate surface area is 108 Å². The highest BCUT2D eigenvalue weighted by molar-refractivity contribution is 5.42. The van der Waals surface area contributed by atoms with Crippen molar-refractivity contribution in [3.05, 3.63) is 30.1 Å². The minimum atomic E-state index is -0.203. The van der Waals surface area contributed by atoms with Crippen molar-refractivity contribution < 1.29 is 9.13 Å². The van der Waals surface area contributed by atoms with Crippen molar-refractivity contribution in [2.24, 2.45) is 0 Å². The van der Waals surface area contributed by atoms with Crippen LogP contribution in [0, 0.1) is 5.82 Å². The van der Waals surface area contributed by atoms with E-state index in [1.807, 2.05) is 6.07 Å². The molecular weight excluding hydrogens is 231 g/mol. The van der Waals surface area contributed by atoms with Crippen LogP contribution in [-0.2, 0) is 4.74 Å². The average molecular weight is 252 g/mol. The molecular formula is C14H21FN2O. The van der Waals surface area contributed by atoms with Crippen LogP contribution in [0.25, 0.3) is 0 Å². The van der Waals surface area contributed by atoms with Crippen LogP contribution < -0.4 is 5.32 Å². The third kappa shape index (κ3) is 3.43. The molecule has 4 heteroatoms. The molecule has 2 atom stereocenters. The molecule has 1 aromatic carbocycles. The average Bonchev–Trinajstić information content (AvgIpc) is 2.75. The van der Waals surface area contributed by atoms with Gasteiger partial charge < -0.3 is 10.1 Å². The fourth-order valence-corrected chi connectivity index (χ4v) is 2.44. The van der Waals surface area contributed by atoms with Gasteiger partial charge in [0.25, 0.3) is 0 Å². The van der Waals surface area contributed by atoms with Crippen molar-refractivity contribution >= 4 is 5.69 Å². The number of hydrogen-bond donors (Lipinski definition) is 1. The van der Waals surface area contributed by atoms with Gasteiger partial charge >= 0.3 is 0 Å². The maximum absolute atomic E-state index is 13.0. The Morgan fingerprint density at radius 2 is 2.33 bits per heavy atom. The Bertz CT molecular complexity index is 386. The van der Waals surface area contributed by atoms with E-state index in [2.05, 4.69) is 24.2 Å². The molecule has 18 heavy (non-hydrogen) atoms. The zero-order valence-corrected chi connectivity index (χ0v) is 11.0. The Kier molecular flexibility index (Phi) is 4.55. The van der Waals surface area contributed by atoms with E-state index in [0.717, 1.165) is 31.8 Å². The second-order valence-corrected chi connectivity index (χ2v) is 4.85. The fourth-order valence-electron chi connectivity index (χ4n) is 2.44. The normalized spacial score (nSPS) is 23.6. The highest BCUT2D eigenvalue weighted by Crippen LogP contribution is 2.17. The Morgan fingerprint density at radius 1 is 1.50 bits per heavy atom. The van der Waals surface area contributed by atoms with Gasteiger partial charge in [0.1, 0.15) is 5.82 Å². The quantitative estimate of drug-likeness (QED) is 0.870. The molecule has 0 amide bonds. The summed E-state index contributed by atoms with van der Waals surface area (Å²) in [5, 5.41) is 3.23. The predicted molar refractivity (Wildman–Crippen MR) is 71.3 cm³/mol. The van der Waals surface area contributed by atoms with E-state index in [1.165, 1.54) is 12.1 Å². The first-order valence-corrected chi connectivity index (χ1v) is 6.48. The lowest BCUT2D eigenvalue weighted by Crippen LogP contribution is -2.39. The molecule has 3 nitrogen and oxygen atoms in total. The van der Waals surface area contributed by atoms with Crippen LogP contribution in [0.15, 0.2) is 24.3 Å². The summed E-state index contributed by atoms with van der Waals surface area (Å²) >= 11 is 0. The molecule has 1 N–H and O–H groups in total. The van der Waals surface area contributed by atoms with Crippen LogP contribution in [0.1, 0.15) is 13.3 Å². The zero-order valence-electron chi connectivity index (χ0n) is 11.0. The molecule has 0 aliphatic carbocycles. The van der Waals surface area contributed by atoms with E-state index in [-0.39, 0.29) is 5.82 Å². The van der Waals surface area contributed by atoms with E-state index in [1.54, 1.807) is 6.07 Å². The maximum atomic E-state index is 13.0. The molecule has 2 unspecified atom stereocenters. The summed E-state index contributed by atoms with van der Waals surface area (Å²) in [6.07, 6.45) is 1.40. The SMILES string of the molecule is CC1OCCC1N(C)CCNc1cccc(F)c1. The molecule has 1 saturated heterocycles. The van der Waals surface area contributed by atoms with Gasteiger partial charge in [0.15, 0.2) is 0 Å². The summed E-state index contributed by atoms with van der Waals surface area (Å²) in [5.41, 5.74) is 0.833. The maximum Gasteiger partial charge on any atom is 0.125 e. The van der Waals surface area contributed by atoms with Gasteiger partial charge in [-0.25, -0.2) is 4.39 Å². The Hall–Kier alpha value is -1.13. The van der Waals surface area contributed by atoms with Crippen molar-refractivity contribution in [2.45, 2.75) is 25.5 Å². The number of benzene rings is 1. The molecule has 1 aliphatic rings. The standard InChI is InChI=1S/C14H21FN2O/c1-11-14(6-9-18-11)17(2)8-7-16-13-5-3-4-12(15)10-13/h3-5,10-11,14,16H,6-9H2,1-2H3. The summed E-state index contributed by atoms with van der Waals surface area (Å²) in [7, 11) is 2.11. The van der Waals surface area contributed by atoms with Gasteiger partial charge in [-0.2, -0.15) is 0 Å². The lowest BCUT2D eigenvalue weighted by Gasteiger charge is -2.26. The number of anilines is 1. The molecule has 2 rings (SSSR count). The lowest BCUT2D eigenvalue weighted by atomic mass is 10.1. The molecule has 0 aromatic heterocycles. The van der Waals surface area contributed by atoms with E-state index in [4.69, 9.17) is 4.74 Å². The smallest absolute Gasteiger partial charge is 0.125 e. The van der Waals surface area contributed by atoms with Crippen molar-refractivity contribution in [3.63, 3.8) is 0 Å². The van der Waals surface area contributed by atoms with Crippen molar-refractivity contribution in [1.29, 1.82) is 0 Å². The van der Waals surface area contributed by atoms with E-state index >= 15 is 0 Å². The molecule has 100 valence electrons. The molecule has 0 spiro atoms. The van der Waals surface area contributed by atoms with Gasteiger partial charge in [0.2, 0.25) is 0 Å². The first-order valence-electron chi connectivity index (χ1n) is 6.48. The van der Waals surface area contributed by atoms with Gasteiger partial charge in [-0.05, 0) is 38.6 Å². The molecule has 1 aromatic rings. The number of nitrogens with zero attached hydrogens (tertiary/aromatic N) is 1. The minimum Gasteiger partial charge on any atom is -0.384 e. The monoisotopic (exact) mass is 252 g/mol. The molecule has 1 heterocycles. The third-order valence-corrected chi connectivity index (χ3v) is 3.52. The largest absolute Gasteiger partial charge is 0.384 e. The van der Waals surface area contributed by atoms with E-state index < -0.39 is 0 Å².